The summed E-state index contributed by atoms with van der Waals surface area (Å²) in [6, 6.07) is 0. The van der Waals surface area contributed by atoms with Gasteiger partial charge in [0.1, 0.15) is 5.52 Å². The van der Waals surface area contributed by atoms with Crippen molar-refractivity contribution < 1.29 is 0 Å². The average Bonchev–Trinajstić information content (AvgIpc) is 3.06. The molecular formula is C11H15N7S. The van der Waals surface area contributed by atoms with Gasteiger partial charge in [-0.15, -0.1) is 5.10 Å². The lowest BCUT2D eigenvalue weighted by molar-refractivity contribution is 0.513. The number of aryl methyl sites for hydroxylation is 4. The molecule has 0 amide bonds. The lowest BCUT2D eigenvalue weighted by Gasteiger charge is -2.05. The fourth-order valence-electron chi connectivity index (χ4n) is 2.24. The summed E-state index contributed by atoms with van der Waals surface area (Å²) in [5.74, 6) is 0. The minimum absolute atomic E-state index is 0.720. The standard InChI is InChI=1S/C11H15N7S/c1-3-18-10-9(8(2)14-18)13-11(19)17(10)7-6-16-5-4-12-15-16/h4-5H,3,6-7H2,1-2H3,(H,13,19). The second-order valence-corrected chi connectivity index (χ2v) is 4.73. The molecule has 0 atom stereocenters. The molecule has 1 N–H and O–H groups in total. The minimum atomic E-state index is 0.720. The van der Waals surface area contributed by atoms with E-state index in [1.165, 1.54) is 0 Å². The summed E-state index contributed by atoms with van der Waals surface area (Å²) >= 11 is 5.39. The van der Waals surface area contributed by atoms with E-state index in [4.69, 9.17) is 12.2 Å². The van der Waals surface area contributed by atoms with Crippen molar-refractivity contribution in [2.45, 2.75) is 33.5 Å². The third-order valence-corrected chi connectivity index (χ3v) is 3.48. The topological polar surface area (TPSA) is 69.2 Å². The molecule has 0 spiro atoms. The fourth-order valence-corrected chi connectivity index (χ4v) is 2.52. The van der Waals surface area contributed by atoms with Gasteiger partial charge >= 0.3 is 0 Å². The lowest BCUT2D eigenvalue weighted by atomic mass is 10.4. The maximum atomic E-state index is 5.39. The van der Waals surface area contributed by atoms with Crippen molar-refractivity contribution in [2.75, 3.05) is 0 Å². The van der Waals surface area contributed by atoms with Crippen LogP contribution in [0.2, 0.25) is 0 Å². The maximum absolute atomic E-state index is 5.39. The summed E-state index contributed by atoms with van der Waals surface area (Å²) in [5.41, 5.74) is 3.04. The van der Waals surface area contributed by atoms with E-state index in [9.17, 15) is 0 Å². The molecule has 0 aliphatic heterocycles. The Morgan fingerprint density at radius 2 is 2.21 bits per heavy atom. The molecule has 0 fully saturated rings. The molecule has 0 bridgehead atoms. The van der Waals surface area contributed by atoms with Crippen LogP contribution in [-0.4, -0.2) is 34.3 Å². The lowest BCUT2D eigenvalue weighted by Crippen LogP contribution is -2.11. The van der Waals surface area contributed by atoms with Gasteiger partial charge in [0, 0.05) is 19.3 Å². The van der Waals surface area contributed by atoms with E-state index >= 15 is 0 Å². The molecule has 0 aromatic carbocycles. The van der Waals surface area contributed by atoms with E-state index in [2.05, 4.69) is 31.9 Å². The van der Waals surface area contributed by atoms with Crippen LogP contribution in [0.1, 0.15) is 12.6 Å². The average molecular weight is 277 g/mol. The Morgan fingerprint density at radius 1 is 1.37 bits per heavy atom. The van der Waals surface area contributed by atoms with Crippen molar-refractivity contribution in [2.24, 2.45) is 0 Å². The number of nitrogens with zero attached hydrogens (tertiary/aromatic N) is 6. The number of H-pyrrole nitrogens is 1. The zero-order valence-electron chi connectivity index (χ0n) is 10.9. The first kappa shape index (κ1) is 12.1. The molecular weight excluding hydrogens is 262 g/mol. The van der Waals surface area contributed by atoms with Gasteiger partial charge in [0.15, 0.2) is 10.4 Å². The Hall–Kier alpha value is -1.96. The number of aromatic nitrogens is 7. The van der Waals surface area contributed by atoms with Crippen LogP contribution in [0, 0.1) is 11.7 Å². The molecule has 0 aliphatic rings. The third-order valence-electron chi connectivity index (χ3n) is 3.16. The first-order valence-corrected chi connectivity index (χ1v) is 6.61. The number of hydrogen-bond acceptors (Lipinski definition) is 4. The van der Waals surface area contributed by atoms with Crippen molar-refractivity contribution in [1.82, 2.24) is 34.3 Å². The van der Waals surface area contributed by atoms with Gasteiger partial charge in [0.05, 0.1) is 18.4 Å². The van der Waals surface area contributed by atoms with Crippen molar-refractivity contribution >= 4 is 23.4 Å². The molecule has 3 aromatic rings. The quantitative estimate of drug-likeness (QED) is 0.734. The van der Waals surface area contributed by atoms with Gasteiger partial charge in [-0.05, 0) is 26.1 Å². The normalized spacial score (nSPS) is 11.5. The van der Waals surface area contributed by atoms with Gasteiger partial charge in [-0.25, -0.2) is 4.68 Å². The number of imidazole rings is 1. The molecule has 0 saturated heterocycles. The Balaban J connectivity index is 2.02. The van der Waals surface area contributed by atoms with Crippen LogP contribution in [0.15, 0.2) is 12.4 Å². The monoisotopic (exact) mass is 277 g/mol. The summed E-state index contributed by atoms with van der Waals surface area (Å²) in [6.07, 6.45) is 3.52. The van der Waals surface area contributed by atoms with Gasteiger partial charge in [0.25, 0.3) is 0 Å². The van der Waals surface area contributed by atoms with E-state index < -0.39 is 0 Å². The highest BCUT2D eigenvalue weighted by molar-refractivity contribution is 7.71. The number of hydrogen-bond donors (Lipinski definition) is 1. The maximum Gasteiger partial charge on any atom is 0.179 e. The molecule has 0 saturated carbocycles. The largest absolute Gasteiger partial charge is 0.328 e. The number of rotatable bonds is 4. The molecule has 19 heavy (non-hydrogen) atoms. The fraction of sp³-hybridized carbons (Fsp3) is 0.455. The van der Waals surface area contributed by atoms with E-state index in [0.717, 1.165) is 41.3 Å². The Morgan fingerprint density at radius 3 is 2.89 bits per heavy atom. The van der Waals surface area contributed by atoms with Crippen LogP contribution < -0.4 is 0 Å². The summed E-state index contributed by atoms with van der Waals surface area (Å²) in [4.78, 5) is 3.23. The van der Waals surface area contributed by atoms with Crippen molar-refractivity contribution in [3.05, 3.63) is 22.9 Å². The SMILES string of the molecule is CCn1nc(C)c2[nH]c(=S)n(CCn3ccnn3)c21. The molecule has 8 heteroatoms. The van der Waals surface area contributed by atoms with Crippen molar-refractivity contribution in [3.8, 4) is 0 Å². The van der Waals surface area contributed by atoms with Crippen LogP contribution in [0.5, 0.6) is 0 Å². The molecule has 3 rings (SSSR count). The van der Waals surface area contributed by atoms with Crippen LogP contribution >= 0.6 is 12.2 Å². The highest BCUT2D eigenvalue weighted by Crippen LogP contribution is 2.17. The van der Waals surface area contributed by atoms with Crippen LogP contribution in [0.4, 0.5) is 0 Å². The van der Waals surface area contributed by atoms with Gasteiger partial charge in [-0.3, -0.25) is 9.25 Å². The van der Waals surface area contributed by atoms with Gasteiger partial charge < -0.3 is 4.98 Å². The predicted octanol–water partition coefficient (Wildman–Crippen LogP) is 1.52. The van der Waals surface area contributed by atoms with Gasteiger partial charge in [-0.1, -0.05) is 5.21 Å². The summed E-state index contributed by atoms with van der Waals surface area (Å²) in [5, 5.41) is 12.3. The molecule has 7 nitrogen and oxygen atoms in total. The van der Waals surface area contributed by atoms with Gasteiger partial charge in [0.2, 0.25) is 0 Å². The molecule has 0 aliphatic carbocycles. The van der Waals surface area contributed by atoms with Crippen LogP contribution in [0.3, 0.4) is 0 Å². The van der Waals surface area contributed by atoms with E-state index in [1.807, 2.05) is 17.8 Å². The van der Waals surface area contributed by atoms with Crippen molar-refractivity contribution in [3.63, 3.8) is 0 Å². The second-order valence-electron chi connectivity index (χ2n) is 4.35. The summed E-state index contributed by atoms with van der Waals surface area (Å²) in [7, 11) is 0. The van der Waals surface area contributed by atoms with Gasteiger partial charge in [-0.2, -0.15) is 5.10 Å². The Labute approximate surface area is 114 Å². The van der Waals surface area contributed by atoms with E-state index in [1.54, 1.807) is 10.9 Å². The van der Waals surface area contributed by atoms with Crippen molar-refractivity contribution in [1.29, 1.82) is 0 Å². The number of fused-ring (bicyclic) bond motifs is 1. The van der Waals surface area contributed by atoms with E-state index in [-0.39, 0.29) is 0 Å². The highest BCUT2D eigenvalue weighted by Gasteiger charge is 2.13. The molecule has 100 valence electrons. The summed E-state index contributed by atoms with van der Waals surface area (Å²) < 4.78 is 6.55. The third kappa shape index (κ3) is 1.97. The summed E-state index contributed by atoms with van der Waals surface area (Å²) in [6.45, 7) is 6.36. The van der Waals surface area contributed by atoms with Crippen LogP contribution in [-0.2, 0) is 19.6 Å². The molecule has 0 radical (unpaired) electrons. The van der Waals surface area contributed by atoms with Crippen LogP contribution in [0.25, 0.3) is 11.2 Å². The molecule has 3 aromatic heterocycles. The first-order chi connectivity index (χ1) is 9.20. The zero-order chi connectivity index (χ0) is 13.4. The zero-order valence-corrected chi connectivity index (χ0v) is 11.7. The smallest absolute Gasteiger partial charge is 0.179 e. The Bertz CT molecular complexity index is 746. The number of aromatic amines is 1. The number of nitrogens with one attached hydrogen (secondary N) is 1. The minimum Gasteiger partial charge on any atom is -0.328 e. The Kier molecular flexibility index (Phi) is 2.94. The first-order valence-electron chi connectivity index (χ1n) is 6.20. The second kappa shape index (κ2) is 4.61. The van der Waals surface area contributed by atoms with E-state index in [0.29, 0.717) is 0 Å². The highest BCUT2D eigenvalue weighted by atomic mass is 32.1. The predicted molar refractivity (Wildman–Crippen MR) is 73.3 cm³/mol. The molecule has 3 heterocycles. The molecule has 0 unspecified atom stereocenters.